The van der Waals surface area contributed by atoms with Crippen LogP contribution in [0, 0.1) is 5.82 Å². The lowest BCUT2D eigenvalue weighted by atomic mass is 9.97. The molecule has 0 aliphatic carbocycles. The van der Waals surface area contributed by atoms with Gasteiger partial charge in [-0.2, -0.15) is 0 Å². The summed E-state index contributed by atoms with van der Waals surface area (Å²) in [5, 5.41) is 0.274. The van der Waals surface area contributed by atoms with E-state index in [1.807, 2.05) is 20.8 Å². The molecule has 3 aromatic carbocycles. The molecule has 1 atom stereocenters. The Morgan fingerprint density at radius 2 is 1.65 bits per heavy atom. The zero-order chi connectivity index (χ0) is 32.8. The number of carbonyl (C=O) groups excluding carboxylic acids is 1. The molecule has 9 nitrogen and oxygen atoms in total. The summed E-state index contributed by atoms with van der Waals surface area (Å²) in [5.74, 6) is 0.809. The van der Waals surface area contributed by atoms with E-state index in [-0.39, 0.29) is 28.6 Å². The molecule has 1 aliphatic heterocycles. The predicted octanol–water partition coefficient (Wildman–Crippen LogP) is 5.59. The van der Waals surface area contributed by atoms with Crippen molar-refractivity contribution in [3.63, 3.8) is 0 Å². The number of esters is 1. The Bertz CT molecular complexity index is 1950. The Labute approximate surface area is 273 Å². The van der Waals surface area contributed by atoms with Crippen molar-refractivity contribution in [2.24, 2.45) is 4.99 Å². The Kier molecular flexibility index (Phi) is 10.4. The third kappa shape index (κ3) is 6.95. The van der Waals surface area contributed by atoms with Gasteiger partial charge in [0.1, 0.15) is 12.4 Å². The zero-order valence-corrected chi connectivity index (χ0v) is 27.2. The molecule has 0 spiro atoms. The fourth-order valence-corrected chi connectivity index (χ4v) is 6.19. The summed E-state index contributed by atoms with van der Waals surface area (Å²) in [4.78, 5) is 31.7. The second-order valence-electron chi connectivity index (χ2n) is 9.93. The number of aromatic nitrogens is 1. The predicted molar refractivity (Wildman–Crippen MR) is 173 cm³/mol. The Morgan fingerprint density at radius 3 is 2.35 bits per heavy atom. The second-order valence-corrected chi connectivity index (χ2v) is 11.3. The van der Waals surface area contributed by atoms with Crippen molar-refractivity contribution in [1.82, 2.24) is 4.57 Å². The van der Waals surface area contributed by atoms with E-state index in [1.165, 1.54) is 41.3 Å². The molecule has 0 N–H and O–H groups in total. The van der Waals surface area contributed by atoms with Crippen LogP contribution in [0.25, 0.3) is 6.08 Å². The summed E-state index contributed by atoms with van der Waals surface area (Å²) in [7, 11) is 1.28. The van der Waals surface area contributed by atoms with Crippen LogP contribution in [0.1, 0.15) is 43.5 Å². The number of rotatable bonds is 12. The largest absolute Gasteiger partial charge is 0.490 e. The molecule has 0 fully saturated rings. The first kappa shape index (κ1) is 32.8. The van der Waals surface area contributed by atoms with Crippen molar-refractivity contribution < 1.29 is 32.9 Å². The summed E-state index contributed by atoms with van der Waals surface area (Å²) >= 11 is 7.82. The van der Waals surface area contributed by atoms with Gasteiger partial charge in [0.25, 0.3) is 5.56 Å². The third-order valence-electron chi connectivity index (χ3n) is 6.93. The summed E-state index contributed by atoms with van der Waals surface area (Å²) in [6.45, 7) is 6.90. The highest BCUT2D eigenvalue weighted by molar-refractivity contribution is 7.07. The van der Waals surface area contributed by atoms with Gasteiger partial charge < -0.3 is 23.7 Å². The van der Waals surface area contributed by atoms with E-state index >= 15 is 0 Å². The van der Waals surface area contributed by atoms with Crippen LogP contribution in [0.3, 0.4) is 0 Å². The average molecular weight is 667 g/mol. The minimum Gasteiger partial charge on any atom is -0.490 e. The minimum absolute atomic E-state index is 0.150. The van der Waals surface area contributed by atoms with Crippen molar-refractivity contribution in [3.8, 4) is 23.0 Å². The summed E-state index contributed by atoms with van der Waals surface area (Å²) in [6, 6.07) is 13.8. The van der Waals surface area contributed by atoms with Gasteiger partial charge in [-0.1, -0.05) is 41.1 Å². The standard InChI is InChI=1S/C34H32ClFN2O7S/c1-5-42-26-13-10-22(17-27(26)43-6-2)30-24(33(40)41-4)18-37-34-38(30)32(39)29(46-34)16-21-14-25(35)31(28(15-21)44-7-3)45-19-20-8-11-23(36)12-9-20/h8-18,30H,5-7,19H2,1-4H3/b29-16-/t30-/m1/s1. The minimum atomic E-state index is -0.828. The van der Waals surface area contributed by atoms with Gasteiger partial charge in [-0.25, -0.2) is 14.2 Å². The number of benzene rings is 3. The molecule has 240 valence electrons. The maximum atomic E-state index is 14.0. The maximum Gasteiger partial charge on any atom is 0.337 e. The number of thiazole rings is 1. The molecule has 2 heterocycles. The molecule has 0 saturated carbocycles. The molecule has 1 aliphatic rings. The molecule has 0 unspecified atom stereocenters. The Morgan fingerprint density at radius 1 is 0.957 bits per heavy atom. The van der Waals surface area contributed by atoms with Crippen molar-refractivity contribution in [2.75, 3.05) is 26.9 Å². The monoisotopic (exact) mass is 666 g/mol. The van der Waals surface area contributed by atoms with E-state index in [2.05, 4.69) is 4.99 Å². The third-order valence-corrected chi connectivity index (χ3v) is 8.21. The highest BCUT2D eigenvalue weighted by atomic mass is 35.5. The van der Waals surface area contributed by atoms with Crippen LogP contribution in [-0.2, 0) is 16.1 Å². The van der Waals surface area contributed by atoms with E-state index in [1.54, 1.807) is 48.5 Å². The number of halogens is 2. The Hall–Kier alpha value is -4.61. The van der Waals surface area contributed by atoms with Gasteiger partial charge in [0.15, 0.2) is 27.8 Å². The topological polar surface area (TPSA) is 97.6 Å². The molecule has 5 rings (SSSR count). The molecule has 46 heavy (non-hydrogen) atoms. The lowest BCUT2D eigenvalue weighted by Crippen LogP contribution is -2.39. The molecule has 0 amide bonds. The van der Waals surface area contributed by atoms with Crippen molar-refractivity contribution in [3.05, 3.63) is 114 Å². The van der Waals surface area contributed by atoms with Gasteiger partial charge >= 0.3 is 5.97 Å². The van der Waals surface area contributed by atoms with Gasteiger partial charge in [0.2, 0.25) is 0 Å². The number of hydrogen-bond acceptors (Lipinski definition) is 9. The van der Waals surface area contributed by atoms with Crippen LogP contribution in [0.5, 0.6) is 23.0 Å². The van der Waals surface area contributed by atoms with E-state index in [0.717, 1.165) is 5.56 Å². The normalized spacial score (nSPS) is 14.2. The van der Waals surface area contributed by atoms with E-state index in [0.29, 0.717) is 63.3 Å². The van der Waals surface area contributed by atoms with Crippen LogP contribution in [0.4, 0.5) is 4.39 Å². The SMILES string of the molecule is CCOc1ccc([C@@H]2C(C(=O)OC)=CN=c3s/c(=C\c4cc(Cl)c(OCc5ccc(F)cc5)c(OCC)c4)c(=O)n32)cc1OCC. The first-order valence-electron chi connectivity index (χ1n) is 14.6. The quantitative estimate of drug-likeness (QED) is 0.182. The van der Waals surface area contributed by atoms with E-state index in [9.17, 15) is 14.0 Å². The fraction of sp³-hybridized carbons (Fsp3) is 0.265. The first-order valence-corrected chi connectivity index (χ1v) is 15.8. The molecular weight excluding hydrogens is 635 g/mol. The number of nitrogens with zero attached hydrogens (tertiary/aromatic N) is 2. The fourth-order valence-electron chi connectivity index (χ4n) is 4.95. The number of ether oxygens (including phenoxy) is 5. The highest BCUT2D eigenvalue weighted by Gasteiger charge is 2.31. The molecule has 0 radical (unpaired) electrons. The van der Waals surface area contributed by atoms with Gasteiger partial charge in [-0.15, -0.1) is 0 Å². The lowest BCUT2D eigenvalue weighted by molar-refractivity contribution is -0.136. The van der Waals surface area contributed by atoms with Crippen LogP contribution in [0.2, 0.25) is 5.02 Å². The summed E-state index contributed by atoms with van der Waals surface area (Å²) < 4.78 is 43.5. The number of methoxy groups -OCH3 is 1. The van der Waals surface area contributed by atoms with Crippen LogP contribution in [-0.4, -0.2) is 37.5 Å². The summed E-state index contributed by atoms with van der Waals surface area (Å²) in [6.07, 6.45) is 3.12. The van der Waals surface area contributed by atoms with Gasteiger partial charge in [-0.05, 0) is 79.9 Å². The van der Waals surface area contributed by atoms with Gasteiger partial charge in [0.05, 0.1) is 48.1 Å². The average Bonchev–Trinajstić information content (AvgIpc) is 3.36. The van der Waals surface area contributed by atoms with Crippen LogP contribution in [0.15, 0.2) is 76.2 Å². The molecule has 4 aromatic rings. The highest BCUT2D eigenvalue weighted by Crippen LogP contribution is 2.38. The molecule has 0 saturated heterocycles. The molecule has 1 aromatic heterocycles. The molecule has 12 heteroatoms. The van der Waals surface area contributed by atoms with Crippen molar-refractivity contribution in [2.45, 2.75) is 33.4 Å². The van der Waals surface area contributed by atoms with Crippen LogP contribution >= 0.6 is 22.9 Å². The van der Waals surface area contributed by atoms with Crippen molar-refractivity contribution in [1.29, 1.82) is 0 Å². The van der Waals surface area contributed by atoms with Gasteiger partial charge in [0, 0.05) is 6.20 Å². The first-order chi connectivity index (χ1) is 22.3. The van der Waals surface area contributed by atoms with Gasteiger partial charge in [-0.3, -0.25) is 9.36 Å². The number of carbonyl (C=O) groups is 1. The van der Waals surface area contributed by atoms with Crippen molar-refractivity contribution >= 4 is 35.0 Å². The Balaban J connectivity index is 1.57. The summed E-state index contributed by atoms with van der Waals surface area (Å²) in [5.41, 5.74) is 1.80. The molecule has 0 bridgehead atoms. The van der Waals surface area contributed by atoms with E-state index in [4.69, 9.17) is 35.3 Å². The molecular formula is C34H32ClFN2O7S. The zero-order valence-electron chi connectivity index (χ0n) is 25.7. The number of fused-ring (bicyclic) bond motifs is 1. The lowest BCUT2D eigenvalue weighted by Gasteiger charge is -2.23. The van der Waals surface area contributed by atoms with Crippen LogP contribution < -0.4 is 33.8 Å². The number of hydrogen-bond donors (Lipinski definition) is 0. The van der Waals surface area contributed by atoms with E-state index < -0.39 is 12.0 Å². The smallest absolute Gasteiger partial charge is 0.337 e. The second kappa shape index (κ2) is 14.7. The maximum absolute atomic E-state index is 14.0.